The summed E-state index contributed by atoms with van der Waals surface area (Å²) in [7, 11) is 0. The van der Waals surface area contributed by atoms with Gasteiger partial charge >= 0.3 is 0 Å². The van der Waals surface area contributed by atoms with E-state index < -0.39 is 0 Å². The fourth-order valence-electron chi connectivity index (χ4n) is 3.09. The molecule has 0 bridgehead atoms. The number of aromatic amines is 1. The monoisotopic (exact) mass is 409 g/mol. The van der Waals surface area contributed by atoms with Crippen LogP contribution in [-0.2, 0) is 11.2 Å². The molecule has 6 heteroatoms. The van der Waals surface area contributed by atoms with Gasteiger partial charge in [-0.15, -0.1) is 0 Å². The minimum atomic E-state index is -0.215. The number of hydrogen-bond acceptors (Lipinski definition) is 4. The number of hydrogen-bond donors (Lipinski definition) is 3. The largest absolute Gasteiger partial charge is 0.508 e. The zero-order chi connectivity index (χ0) is 20.8. The number of phenols is 1. The van der Waals surface area contributed by atoms with Crippen LogP contribution in [0.1, 0.15) is 48.8 Å². The predicted octanol–water partition coefficient (Wildman–Crippen LogP) is 4.76. The number of rotatable bonds is 8. The third-order valence-corrected chi connectivity index (χ3v) is 6.10. The summed E-state index contributed by atoms with van der Waals surface area (Å²) in [5.41, 5.74) is 4.11. The van der Waals surface area contributed by atoms with Gasteiger partial charge in [-0.05, 0) is 43.5 Å². The molecule has 2 atom stereocenters. The Hall–Kier alpha value is -2.73. The first-order chi connectivity index (χ1) is 14.0. The summed E-state index contributed by atoms with van der Waals surface area (Å²) < 4.78 is 0. The number of H-pyrrole nitrogens is 1. The van der Waals surface area contributed by atoms with E-state index >= 15 is 0 Å². The molecule has 0 saturated carbocycles. The third-order valence-electron chi connectivity index (χ3n) is 4.85. The van der Waals surface area contributed by atoms with Gasteiger partial charge in [-0.3, -0.25) is 4.79 Å². The molecule has 0 aliphatic rings. The molecule has 0 unspecified atom stereocenters. The van der Waals surface area contributed by atoms with E-state index in [2.05, 4.69) is 10.3 Å². The number of nitrogens with zero attached hydrogens (tertiary/aromatic N) is 1. The van der Waals surface area contributed by atoms with Gasteiger partial charge in [0.25, 0.3) is 0 Å². The maximum atomic E-state index is 12.8. The van der Waals surface area contributed by atoms with Crippen LogP contribution in [0.15, 0.2) is 59.8 Å². The number of aromatic hydroxyl groups is 1. The number of carbonyl (C=O) groups excluding carboxylic acids is 1. The van der Waals surface area contributed by atoms with Crippen LogP contribution in [0.3, 0.4) is 0 Å². The lowest BCUT2D eigenvalue weighted by molar-refractivity contribution is -0.121. The molecule has 3 rings (SSSR count). The summed E-state index contributed by atoms with van der Waals surface area (Å²) >= 11 is 1.46. The fourth-order valence-corrected chi connectivity index (χ4v) is 4.08. The van der Waals surface area contributed by atoms with E-state index in [0.717, 1.165) is 27.7 Å². The van der Waals surface area contributed by atoms with Crippen molar-refractivity contribution in [3.63, 3.8) is 0 Å². The highest BCUT2D eigenvalue weighted by atomic mass is 32.2. The zero-order valence-electron chi connectivity index (χ0n) is 17.0. The number of aromatic nitrogens is 2. The number of imidazole rings is 1. The van der Waals surface area contributed by atoms with Crippen LogP contribution in [0.4, 0.5) is 0 Å². The molecular formula is C23H27N3O2S. The number of aryl methyl sites for hydroxylation is 1. The summed E-state index contributed by atoms with van der Waals surface area (Å²) in [5.74, 6) is 0.272. The van der Waals surface area contributed by atoms with Gasteiger partial charge < -0.3 is 15.4 Å². The van der Waals surface area contributed by atoms with E-state index in [4.69, 9.17) is 4.98 Å². The van der Waals surface area contributed by atoms with Gasteiger partial charge in [0, 0.05) is 12.1 Å². The minimum absolute atomic E-state index is 0.0167. The average Bonchev–Trinajstić information content (AvgIpc) is 3.07. The number of nitrogens with one attached hydrogen (secondary N) is 2. The summed E-state index contributed by atoms with van der Waals surface area (Å²) in [4.78, 5) is 20.8. The van der Waals surface area contributed by atoms with Gasteiger partial charge in [-0.2, -0.15) is 0 Å². The maximum Gasteiger partial charge on any atom is 0.234 e. The van der Waals surface area contributed by atoms with Crippen molar-refractivity contribution in [2.75, 3.05) is 0 Å². The minimum Gasteiger partial charge on any atom is -0.508 e. The first-order valence-corrected chi connectivity index (χ1v) is 10.7. The normalized spacial score (nSPS) is 13.1. The molecule has 3 N–H and O–H groups in total. The highest BCUT2D eigenvalue weighted by molar-refractivity contribution is 8.00. The van der Waals surface area contributed by atoms with Gasteiger partial charge in [-0.1, -0.05) is 61.2 Å². The second kappa shape index (κ2) is 9.65. The van der Waals surface area contributed by atoms with Gasteiger partial charge in [0.05, 0.1) is 17.0 Å². The van der Waals surface area contributed by atoms with E-state index in [1.807, 2.05) is 63.2 Å². The highest BCUT2D eigenvalue weighted by Crippen LogP contribution is 2.26. The summed E-state index contributed by atoms with van der Waals surface area (Å²) in [6.45, 7) is 6.00. The van der Waals surface area contributed by atoms with Crippen molar-refractivity contribution in [3.8, 4) is 5.75 Å². The van der Waals surface area contributed by atoms with Crippen LogP contribution in [0.25, 0.3) is 0 Å². The fraction of sp³-hybridized carbons (Fsp3) is 0.304. The zero-order valence-corrected chi connectivity index (χ0v) is 17.8. The Kier molecular flexibility index (Phi) is 6.99. The van der Waals surface area contributed by atoms with Crippen molar-refractivity contribution in [3.05, 3.63) is 77.1 Å². The molecule has 0 fully saturated rings. The standard InChI is InChI=1S/C23H27N3O2S/c1-4-21(22(28)24-15(2)18-8-6-5-7-9-18)29-23-25-16(3)20(26-23)14-17-10-12-19(27)13-11-17/h5-13,15,21,27H,4,14H2,1-3H3,(H,24,28)(H,25,26)/t15-,21-/m0/s1. The van der Waals surface area contributed by atoms with E-state index in [-0.39, 0.29) is 22.9 Å². The Morgan fingerprint density at radius 1 is 1.17 bits per heavy atom. The number of carbonyl (C=O) groups is 1. The van der Waals surface area contributed by atoms with Crippen LogP contribution in [0, 0.1) is 6.92 Å². The molecule has 3 aromatic rings. The van der Waals surface area contributed by atoms with Crippen molar-refractivity contribution in [1.82, 2.24) is 15.3 Å². The predicted molar refractivity (Wildman–Crippen MR) is 117 cm³/mol. The van der Waals surface area contributed by atoms with Crippen LogP contribution < -0.4 is 5.32 Å². The highest BCUT2D eigenvalue weighted by Gasteiger charge is 2.22. The van der Waals surface area contributed by atoms with Gasteiger partial charge in [0.15, 0.2) is 5.16 Å². The molecule has 1 heterocycles. The molecule has 152 valence electrons. The lowest BCUT2D eigenvalue weighted by Crippen LogP contribution is -2.34. The summed E-state index contributed by atoms with van der Waals surface area (Å²) in [6, 6.07) is 17.1. The van der Waals surface area contributed by atoms with Crippen molar-refractivity contribution >= 4 is 17.7 Å². The first-order valence-electron chi connectivity index (χ1n) is 9.81. The number of thioether (sulfide) groups is 1. The van der Waals surface area contributed by atoms with Crippen LogP contribution in [-0.4, -0.2) is 26.2 Å². The second-order valence-corrected chi connectivity index (χ2v) is 8.30. The summed E-state index contributed by atoms with van der Waals surface area (Å²) in [5, 5.41) is 13.1. The Labute approximate surface area is 176 Å². The van der Waals surface area contributed by atoms with Crippen molar-refractivity contribution in [1.29, 1.82) is 0 Å². The molecule has 0 aliphatic heterocycles. The topological polar surface area (TPSA) is 78.0 Å². The molecule has 0 spiro atoms. The second-order valence-electron chi connectivity index (χ2n) is 7.11. The Morgan fingerprint density at radius 3 is 2.52 bits per heavy atom. The molecular weight excluding hydrogens is 382 g/mol. The molecule has 1 aromatic heterocycles. The number of benzene rings is 2. The van der Waals surface area contributed by atoms with Crippen molar-refractivity contribution in [2.24, 2.45) is 0 Å². The molecule has 2 aromatic carbocycles. The lowest BCUT2D eigenvalue weighted by Gasteiger charge is -2.18. The average molecular weight is 410 g/mol. The Bertz CT molecular complexity index is 939. The Balaban J connectivity index is 1.64. The van der Waals surface area contributed by atoms with E-state index in [0.29, 0.717) is 12.8 Å². The molecule has 0 radical (unpaired) electrons. The third kappa shape index (κ3) is 5.64. The van der Waals surface area contributed by atoms with Gasteiger partial charge in [0.1, 0.15) is 5.75 Å². The quantitative estimate of drug-likeness (QED) is 0.469. The summed E-state index contributed by atoms with van der Waals surface area (Å²) in [6.07, 6.45) is 1.39. The first kappa shape index (κ1) is 21.0. The van der Waals surface area contributed by atoms with Gasteiger partial charge in [0.2, 0.25) is 5.91 Å². The smallest absolute Gasteiger partial charge is 0.234 e. The van der Waals surface area contributed by atoms with E-state index in [9.17, 15) is 9.90 Å². The molecule has 1 amide bonds. The van der Waals surface area contributed by atoms with Crippen LogP contribution in [0.2, 0.25) is 0 Å². The van der Waals surface area contributed by atoms with Gasteiger partial charge in [-0.25, -0.2) is 4.98 Å². The molecule has 0 saturated heterocycles. The van der Waals surface area contributed by atoms with Crippen LogP contribution >= 0.6 is 11.8 Å². The molecule has 29 heavy (non-hydrogen) atoms. The van der Waals surface area contributed by atoms with Crippen LogP contribution in [0.5, 0.6) is 5.75 Å². The molecule has 0 aliphatic carbocycles. The van der Waals surface area contributed by atoms with Crippen molar-refractivity contribution < 1.29 is 9.90 Å². The Morgan fingerprint density at radius 2 is 1.86 bits per heavy atom. The molecule has 5 nitrogen and oxygen atoms in total. The maximum absolute atomic E-state index is 12.8. The van der Waals surface area contributed by atoms with E-state index in [1.165, 1.54) is 11.8 Å². The number of amides is 1. The SMILES string of the molecule is CC[C@H](Sc1nc(Cc2ccc(O)cc2)c(C)[nH]1)C(=O)N[C@@H](C)c1ccccc1. The van der Waals surface area contributed by atoms with Crippen molar-refractivity contribution in [2.45, 2.75) is 50.1 Å². The lowest BCUT2D eigenvalue weighted by atomic mass is 10.1. The number of phenolic OH excluding ortho intramolecular Hbond substituents is 1. The van der Waals surface area contributed by atoms with E-state index in [1.54, 1.807) is 12.1 Å².